The summed E-state index contributed by atoms with van der Waals surface area (Å²) in [6.45, 7) is -1.68. The van der Waals surface area contributed by atoms with Crippen LogP contribution in [0.2, 0.25) is 0 Å². The van der Waals surface area contributed by atoms with E-state index in [1.54, 1.807) is 12.1 Å². The molecule has 0 radical (unpaired) electrons. The predicted molar refractivity (Wildman–Crippen MR) is 93.0 cm³/mol. The summed E-state index contributed by atoms with van der Waals surface area (Å²) in [6, 6.07) is 15.6. The average molecular weight is 361 g/mol. The summed E-state index contributed by atoms with van der Waals surface area (Å²) in [6.07, 6.45) is 1.41. The SMILES string of the molecule is O=C(N[C@@H](c1ccccc1)c1ccc(OC(F)F)cc1)C1CCOCC1. The van der Waals surface area contributed by atoms with Gasteiger partial charge in [-0.2, -0.15) is 8.78 Å². The molecule has 138 valence electrons. The van der Waals surface area contributed by atoms with E-state index >= 15 is 0 Å². The van der Waals surface area contributed by atoms with Crippen LogP contribution in [-0.4, -0.2) is 25.7 Å². The van der Waals surface area contributed by atoms with Crippen molar-refractivity contribution in [3.8, 4) is 5.75 Å². The number of carbonyl (C=O) groups excluding carboxylic acids is 1. The number of benzene rings is 2. The molecule has 0 aliphatic carbocycles. The van der Waals surface area contributed by atoms with Gasteiger partial charge in [-0.1, -0.05) is 42.5 Å². The van der Waals surface area contributed by atoms with Crippen LogP contribution in [0.15, 0.2) is 54.6 Å². The smallest absolute Gasteiger partial charge is 0.387 e. The van der Waals surface area contributed by atoms with Crippen LogP contribution in [0.4, 0.5) is 8.78 Å². The van der Waals surface area contributed by atoms with Gasteiger partial charge in [0, 0.05) is 19.1 Å². The summed E-state index contributed by atoms with van der Waals surface area (Å²) in [7, 11) is 0. The Balaban J connectivity index is 1.80. The van der Waals surface area contributed by atoms with E-state index in [1.165, 1.54) is 12.1 Å². The van der Waals surface area contributed by atoms with Crippen LogP contribution in [0.5, 0.6) is 5.75 Å². The summed E-state index contributed by atoms with van der Waals surface area (Å²) < 4.78 is 34.4. The van der Waals surface area contributed by atoms with Crippen LogP contribution in [0, 0.1) is 5.92 Å². The van der Waals surface area contributed by atoms with Gasteiger partial charge in [0.15, 0.2) is 0 Å². The van der Waals surface area contributed by atoms with Crippen molar-refractivity contribution in [3.05, 3.63) is 65.7 Å². The molecule has 1 heterocycles. The van der Waals surface area contributed by atoms with Crippen molar-refractivity contribution < 1.29 is 23.0 Å². The monoisotopic (exact) mass is 361 g/mol. The van der Waals surface area contributed by atoms with Gasteiger partial charge in [-0.15, -0.1) is 0 Å². The third-order valence-corrected chi connectivity index (χ3v) is 4.45. The van der Waals surface area contributed by atoms with Crippen molar-refractivity contribution in [2.24, 2.45) is 5.92 Å². The number of hydrogen-bond donors (Lipinski definition) is 1. The van der Waals surface area contributed by atoms with E-state index in [4.69, 9.17) is 4.74 Å². The Labute approximate surface area is 151 Å². The molecule has 2 aromatic carbocycles. The maximum absolute atomic E-state index is 12.7. The fraction of sp³-hybridized carbons (Fsp3) is 0.350. The fourth-order valence-electron chi connectivity index (χ4n) is 3.07. The molecular formula is C20H21F2NO3. The third kappa shape index (κ3) is 4.79. The van der Waals surface area contributed by atoms with Crippen LogP contribution < -0.4 is 10.1 Å². The Hall–Kier alpha value is -2.47. The summed E-state index contributed by atoms with van der Waals surface area (Å²) >= 11 is 0. The second kappa shape index (κ2) is 8.76. The van der Waals surface area contributed by atoms with Crippen molar-refractivity contribution in [2.75, 3.05) is 13.2 Å². The van der Waals surface area contributed by atoms with Gasteiger partial charge in [0.25, 0.3) is 0 Å². The Bertz CT molecular complexity index is 701. The van der Waals surface area contributed by atoms with Gasteiger partial charge in [0.2, 0.25) is 5.91 Å². The minimum Gasteiger partial charge on any atom is -0.435 e. The van der Waals surface area contributed by atoms with E-state index in [2.05, 4.69) is 10.1 Å². The summed E-state index contributed by atoms with van der Waals surface area (Å²) in [5.74, 6) is -0.00206. The second-order valence-electron chi connectivity index (χ2n) is 6.19. The van der Waals surface area contributed by atoms with E-state index in [0.717, 1.165) is 11.1 Å². The van der Waals surface area contributed by atoms with Gasteiger partial charge in [-0.25, -0.2) is 0 Å². The van der Waals surface area contributed by atoms with Gasteiger partial charge < -0.3 is 14.8 Å². The van der Waals surface area contributed by atoms with Gasteiger partial charge in [0.05, 0.1) is 6.04 Å². The van der Waals surface area contributed by atoms with Crippen molar-refractivity contribution in [1.29, 1.82) is 0 Å². The lowest BCUT2D eigenvalue weighted by Crippen LogP contribution is -2.37. The molecule has 26 heavy (non-hydrogen) atoms. The number of alkyl halides is 2. The van der Waals surface area contributed by atoms with Crippen LogP contribution >= 0.6 is 0 Å². The molecule has 1 amide bonds. The third-order valence-electron chi connectivity index (χ3n) is 4.45. The highest BCUT2D eigenvalue weighted by atomic mass is 19.3. The Morgan fingerprint density at radius 3 is 2.23 bits per heavy atom. The molecule has 1 aliphatic rings. The maximum Gasteiger partial charge on any atom is 0.387 e. The zero-order valence-electron chi connectivity index (χ0n) is 14.2. The summed E-state index contributed by atoms with van der Waals surface area (Å²) in [4.78, 5) is 12.7. The number of amides is 1. The molecule has 1 N–H and O–H groups in total. The molecule has 3 rings (SSSR count). The number of rotatable bonds is 6. The quantitative estimate of drug-likeness (QED) is 0.848. The topological polar surface area (TPSA) is 47.6 Å². The first-order valence-electron chi connectivity index (χ1n) is 8.61. The van der Waals surface area contributed by atoms with Crippen molar-refractivity contribution >= 4 is 5.91 Å². The van der Waals surface area contributed by atoms with Gasteiger partial charge >= 0.3 is 6.61 Å². The molecule has 0 aromatic heterocycles. The van der Waals surface area contributed by atoms with E-state index in [1.807, 2.05) is 30.3 Å². The summed E-state index contributed by atoms with van der Waals surface area (Å²) in [5, 5.41) is 3.10. The summed E-state index contributed by atoms with van der Waals surface area (Å²) in [5.41, 5.74) is 1.73. The first kappa shape index (κ1) is 18.3. The van der Waals surface area contributed by atoms with E-state index < -0.39 is 6.61 Å². The molecular weight excluding hydrogens is 340 g/mol. The van der Waals surface area contributed by atoms with Gasteiger partial charge in [0.1, 0.15) is 5.75 Å². The van der Waals surface area contributed by atoms with Crippen LogP contribution in [0.25, 0.3) is 0 Å². The van der Waals surface area contributed by atoms with Crippen LogP contribution in [-0.2, 0) is 9.53 Å². The standard InChI is InChI=1S/C20H21F2NO3/c21-20(22)26-17-8-6-15(7-9-17)18(14-4-2-1-3-5-14)23-19(24)16-10-12-25-13-11-16/h1-9,16,18,20H,10-13H2,(H,23,24)/t18-/m0/s1. The highest BCUT2D eigenvalue weighted by molar-refractivity contribution is 5.79. The minimum absolute atomic E-state index is 0.0185. The average Bonchev–Trinajstić information content (AvgIpc) is 2.67. The Kier molecular flexibility index (Phi) is 6.17. The molecule has 0 saturated carbocycles. The molecule has 0 bridgehead atoms. The number of nitrogens with one attached hydrogen (secondary N) is 1. The Morgan fingerprint density at radius 2 is 1.62 bits per heavy atom. The molecule has 0 unspecified atom stereocenters. The molecule has 1 atom stereocenters. The zero-order valence-corrected chi connectivity index (χ0v) is 14.2. The van der Waals surface area contributed by atoms with E-state index in [-0.39, 0.29) is 23.6 Å². The lowest BCUT2D eigenvalue weighted by Gasteiger charge is -2.26. The number of halogens is 2. The molecule has 2 aromatic rings. The fourth-order valence-corrected chi connectivity index (χ4v) is 3.07. The first-order valence-corrected chi connectivity index (χ1v) is 8.61. The Morgan fingerprint density at radius 1 is 1.00 bits per heavy atom. The lowest BCUT2D eigenvalue weighted by molar-refractivity contribution is -0.128. The van der Waals surface area contributed by atoms with Crippen molar-refractivity contribution in [1.82, 2.24) is 5.32 Å². The molecule has 1 aliphatic heterocycles. The normalized spacial score (nSPS) is 16.3. The minimum atomic E-state index is -2.86. The molecule has 1 fully saturated rings. The number of hydrogen-bond acceptors (Lipinski definition) is 3. The lowest BCUT2D eigenvalue weighted by atomic mass is 9.95. The van der Waals surface area contributed by atoms with E-state index in [0.29, 0.717) is 26.1 Å². The molecule has 6 heteroatoms. The number of ether oxygens (including phenoxy) is 2. The largest absolute Gasteiger partial charge is 0.435 e. The van der Waals surface area contributed by atoms with Crippen LogP contribution in [0.1, 0.15) is 30.0 Å². The zero-order chi connectivity index (χ0) is 18.4. The molecule has 1 saturated heterocycles. The second-order valence-corrected chi connectivity index (χ2v) is 6.19. The predicted octanol–water partition coefficient (Wildman–Crippen LogP) is 3.92. The van der Waals surface area contributed by atoms with Gasteiger partial charge in [-0.05, 0) is 36.1 Å². The van der Waals surface area contributed by atoms with Crippen molar-refractivity contribution in [2.45, 2.75) is 25.5 Å². The van der Waals surface area contributed by atoms with Crippen molar-refractivity contribution in [3.63, 3.8) is 0 Å². The highest BCUT2D eigenvalue weighted by Crippen LogP contribution is 2.26. The van der Waals surface area contributed by atoms with Crippen LogP contribution in [0.3, 0.4) is 0 Å². The van der Waals surface area contributed by atoms with Gasteiger partial charge in [-0.3, -0.25) is 4.79 Å². The molecule has 4 nitrogen and oxygen atoms in total. The van der Waals surface area contributed by atoms with E-state index in [9.17, 15) is 13.6 Å². The number of carbonyl (C=O) groups is 1. The highest BCUT2D eigenvalue weighted by Gasteiger charge is 2.25. The first-order chi connectivity index (χ1) is 12.6. The maximum atomic E-state index is 12.7. The molecule has 0 spiro atoms.